The van der Waals surface area contributed by atoms with Crippen molar-refractivity contribution in [3.05, 3.63) is 35.9 Å². The number of carbonyl (C=O) groups is 1. The molecule has 7 nitrogen and oxygen atoms in total. The number of anilines is 1. The Morgan fingerprint density at radius 2 is 2.06 bits per heavy atom. The second-order valence-electron chi connectivity index (χ2n) is 10.1. The zero-order valence-corrected chi connectivity index (χ0v) is 20.3. The molecule has 0 unspecified atom stereocenters. The lowest BCUT2D eigenvalue weighted by molar-refractivity contribution is -0.232. The van der Waals surface area contributed by atoms with E-state index >= 15 is 0 Å². The number of esters is 1. The first kappa shape index (κ1) is 22.7. The van der Waals surface area contributed by atoms with Crippen molar-refractivity contribution in [2.24, 2.45) is 5.41 Å². The van der Waals surface area contributed by atoms with Crippen molar-refractivity contribution in [1.82, 2.24) is 4.90 Å². The molecule has 33 heavy (non-hydrogen) atoms. The van der Waals surface area contributed by atoms with E-state index in [4.69, 9.17) is 14.2 Å². The van der Waals surface area contributed by atoms with Crippen LogP contribution >= 0.6 is 0 Å². The van der Waals surface area contributed by atoms with Gasteiger partial charge in [-0.15, -0.1) is 0 Å². The molecule has 180 valence electrons. The number of benzene rings is 1. The van der Waals surface area contributed by atoms with Crippen LogP contribution in [0.1, 0.15) is 39.2 Å². The number of carbonyl (C=O) groups excluding carboxylic acids is 1. The lowest BCUT2D eigenvalue weighted by atomic mass is 9.48. The van der Waals surface area contributed by atoms with Gasteiger partial charge < -0.3 is 24.2 Å². The average Bonchev–Trinajstić information content (AvgIpc) is 3.32. The third-order valence-corrected chi connectivity index (χ3v) is 8.75. The van der Waals surface area contributed by atoms with Gasteiger partial charge in [-0.05, 0) is 37.9 Å². The SMILES string of the molecule is CCOC[C@]1(O)[C@H](OC(C)=O)[C@]2(CC)C=CCN3CC[C@@]4(c5ccc(OC)cc5N(C)[C@@H]14)[C@@H]32. The summed E-state index contributed by atoms with van der Waals surface area (Å²) >= 11 is 0. The summed E-state index contributed by atoms with van der Waals surface area (Å²) in [5.74, 6) is 0.416. The highest BCUT2D eigenvalue weighted by Crippen LogP contribution is 2.67. The summed E-state index contributed by atoms with van der Waals surface area (Å²) in [4.78, 5) is 17.1. The zero-order valence-electron chi connectivity index (χ0n) is 20.3. The van der Waals surface area contributed by atoms with Gasteiger partial charge in [0.2, 0.25) is 0 Å². The molecule has 0 radical (unpaired) electrons. The van der Waals surface area contributed by atoms with Gasteiger partial charge in [0.1, 0.15) is 17.5 Å². The van der Waals surface area contributed by atoms with Gasteiger partial charge in [0.25, 0.3) is 0 Å². The molecule has 4 aliphatic rings. The van der Waals surface area contributed by atoms with Crippen LogP contribution in [0.3, 0.4) is 0 Å². The van der Waals surface area contributed by atoms with Crippen LogP contribution < -0.4 is 9.64 Å². The summed E-state index contributed by atoms with van der Waals surface area (Å²) in [5, 5.41) is 12.7. The first-order valence-corrected chi connectivity index (χ1v) is 12.1. The van der Waals surface area contributed by atoms with E-state index < -0.39 is 17.1 Å². The van der Waals surface area contributed by atoms with Crippen LogP contribution in [0, 0.1) is 5.41 Å². The number of nitrogens with zero attached hydrogens (tertiary/aromatic N) is 2. The maximum Gasteiger partial charge on any atom is 0.303 e. The fourth-order valence-electron chi connectivity index (χ4n) is 7.87. The molecule has 1 aliphatic carbocycles. The first-order chi connectivity index (χ1) is 15.8. The molecule has 6 atom stereocenters. The minimum absolute atomic E-state index is 0.103. The standard InChI is InChI=1S/C26H36N2O5/c1-6-24-11-8-13-28-14-12-25(21(24)28)19-10-9-18(31-5)15-20(19)27(4)22(25)26(30,16-32-7-2)23(24)33-17(3)29/h8-11,15,21-23,30H,6-7,12-14,16H2,1-5H3/t21-,22+,23+,24+,25+,26+/m0/s1. The number of likely N-dealkylation sites (N-methyl/N-ethyl adjacent to an activating group) is 1. The Labute approximate surface area is 196 Å². The van der Waals surface area contributed by atoms with E-state index in [0.29, 0.717) is 6.61 Å². The second-order valence-corrected chi connectivity index (χ2v) is 10.1. The molecule has 1 aromatic rings. The predicted octanol–water partition coefficient (Wildman–Crippen LogP) is 2.50. The van der Waals surface area contributed by atoms with Gasteiger partial charge >= 0.3 is 5.97 Å². The van der Waals surface area contributed by atoms with E-state index in [2.05, 4.69) is 41.0 Å². The number of rotatable bonds is 6. The summed E-state index contributed by atoms with van der Waals surface area (Å²) in [6.45, 7) is 7.89. The summed E-state index contributed by atoms with van der Waals surface area (Å²) in [6.07, 6.45) is 5.36. The van der Waals surface area contributed by atoms with E-state index in [1.54, 1.807) is 7.11 Å². The van der Waals surface area contributed by atoms with Gasteiger partial charge in [0.05, 0.1) is 19.8 Å². The van der Waals surface area contributed by atoms with Crippen LogP contribution in [-0.2, 0) is 19.7 Å². The van der Waals surface area contributed by atoms with Crippen molar-refractivity contribution in [2.45, 2.75) is 62.8 Å². The van der Waals surface area contributed by atoms with Gasteiger partial charge in [-0.1, -0.05) is 25.1 Å². The van der Waals surface area contributed by atoms with Crippen molar-refractivity contribution in [3.8, 4) is 5.75 Å². The first-order valence-electron chi connectivity index (χ1n) is 12.1. The quantitative estimate of drug-likeness (QED) is 0.521. The Balaban J connectivity index is 1.81. The topological polar surface area (TPSA) is 71.5 Å². The van der Waals surface area contributed by atoms with E-state index in [0.717, 1.165) is 37.4 Å². The maximum absolute atomic E-state index is 12.7. The van der Waals surface area contributed by atoms with E-state index in [1.807, 2.05) is 20.0 Å². The lowest BCUT2D eigenvalue weighted by Gasteiger charge is -2.64. The molecular formula is C26H36N2O5. The number of aliphatic hydroxyl groups is 1. The molecule has 3 aliphatic heterocycles. The molecule has 2 fully saturated rings. The highest BCUT2D eigenvalue weighted by atomic mass is 16.6. The molecule has 0 bridgehead atoms. The smallest absolute Gasteiger partial charge is 0.303 e. The fraction of sp³-hybridized carbons (Fsp3) is 0.654. The minimum atomic E-state index is -1.40. The van der Waals surface area contributed by atoms with Crippen LogP contribution in [0.15, 0.2) is 30.4 Å². The lowest BCUT2D eigenvalue weighted by Crippen LogP contribution is -2.80. The monoisotopic (exact) mass is 456 g/mol. The molecule has 0 aromatic heterocycles. The summed E-state index contributed by atoms with van der Waals surface area (Å²) in [5.41, 5.74) is 0.0734. The van der Waals surface area contributed by atoms with E-state index in [-0.39, 0.29) is 30.1 Å². The highest BCUT2D eigenvalue weighted by Gasteiger charge is 2.77. The van der Waals surface area contributed by atoms with Crippen molar-refractivity contribution in [2.75, 3.05) is 45.4 Å². The molecule has 1 aromatic carbocycles. The number of methoxy groups -OCH3 is 1. The van der Waals surface area contributed by atoms with Gasteiger partial charge in [-0.25, -0.2) is 0 Å². The summed E-state index contributed by atoms with van der Waals surface area (Å²) in [6, 6.07) is 6.08. The molecule has 5 rings (SSSR count). The van der Waals surface area contributed by atoms with Crippen LogP contribution in [0.25, 0.3) is 0 Å². The van der Waals surface area contributed by atoms with Crippen LogP contribution in [0.5, 0.6) is 5.75 Å². The zero-order chi connectivity index (χ0) is 23.6. The molecule has 1 saturated carbocycles. The third kappa shape index (κ3) is 2.76. The summed E-state index contributed by atoms with van der Waals surface area (Å²) < 4.78 is 17.6. The minimum Gasteiger partial charge on any atom is -0.497 e. The van der Waals surface area contributed by atoms with Gasteiger partial charge in [-0.3, -0.25) is 9.69 Å². The molecular weight excluding hydrogens is 420 g/mol. The van der Waals surface area contributed by atoms with Crippen molar-refractivity contribution in [1.29, 1.82) is 0 Å². The van der Waals surface area contributed by atoms with E-state index in [1.165, 1.54) is 12.5 Å². The van der Waals surface area contributed by atoms with Gasteiger partial charge in [0.15, 0.2) is 0 Å². The molecule has 7 heteroatoms. The second kappa shape index (κ2) is 7.72. The largest absolute Gasteiger partial charge is 0.497 e. The number of hydrogen-bond acceptors (Lipinski definition) is 7. The molecule has 0 amide bonds. The Kier molecular flexibility index (Phi) is 5.31. The molecule has 1 spiro atoms. The van der Waals surface area contributed by atoms with Crippen LogP contribution in [-0.4, -0.2) is 80.2 Å². The fourth-order valence-corrected chi connectivity index (χ4v) is 7.87. The van der Waals surface area contributed by atoms with Crippen molar-refractivity contribution < 1.29 is 24.1 Å². The molecule has 3 heterocycles. The number of ether oxygens (including phenoxy) is 3. The predicted molar refractivity (Wildman–Crippen MR) is 126 cm³/mol. The normalized spacial score (nSPS) is 38.6. The molecule has 1 saturated heterocycles. The van der Waals surface area contributed by atoms with Crippen molar-refractivity contribution >= 4 is 11.7 Å². The highest BCUT2D eigenvalue weighted by molar-refractivity contribution is 5.71. The number of fused-ring (bicyclic) bond motifs is 1. The average molecular weight is 457 g/mol. The van der Waals surface area contributed by atoms with Gasteiger partial charge in [-0.2, -0.15) is 0 Å². The van der Waals surface area contributed by atoms with E-state index in [9.17, 15) is 9.90 Å². The van der Waals surface area contributed by atoms with Crippen molar-refractivity contribution in [3.63, 3.8) is 0 Å². The van der Waals surface area contributed by atoms with Crippen LogP contribution in [0.4, 0.5) is 5.69 Å². The van der Waals surface area contributed by atoms with Gasteiger partial charge in [0, 0.05) is 55.7 Å². The Hall–Kier alpha value is -2.09. The maximum atomic E-state index is 12.7. The number of hydrogen-bond donors (Lipinski definition) is 1. The summed E-state index contributed by atoms with van der Waals surface area (Å²) in [7, 11) is 3.72. The van der Waals surface area contributed by atoms with Crippen LogP contribution in [0.2, 0.25) is 0 Å². The Morgan fingerprint density at radius 3 is 2.73 bits per heavy atom. The third-order valence-electron chi connectivity index (χ3n) is 8.75. The Bertz CT molecular complexity index is 981. The molecule has 1 N–H and O–H groups in total. The Morgan fingerprint density at radius 1 is 1.27 bits per heavy atom.